The van der Waals surface area contributed by atoms with Crippen molar-refractivity contribution < 1.29 is 13.7 Å². The van der Waals surface area contributed by atoms with Crippen LogP contribution in [-0.2, 0) is 18.9 Å². The Morgan fingerprint density at radius 3 is 2.83 bits per heavy atom. The van der Waals surface area contributed by atoms with E-state index in [2.05, 4.69) is 30.2 Å². The van der Waals surface area contributed by atoms with Crippen LogP contribution in [0.4, 0.5) is 4.39 Å². The van der Waals surface area contributed by atoms with Gasteiger partial charge in [-0.25, -0.2) is 14.4 Å². The molecular formula is C25H22FN7O2. The Morgan fingerprint density at radius 2 is 2.09 bits per heavy atom. The van der Waals surface area contributed by atoms with E-state index in [0.717, 1.165) is 24.0 Å². The van der Waals surface area contributed by atoms with E-state index in [1.165, 1.54) is 6.07 Å². The number of benzene rings is 1. The van der Waals surface area contributed by atoms with Crippen molar-refractivity contribution in [2.75, 3.05) is 0 Å². The number of pyridine rings is 1. The molecule has 176 valence electrons. The van der Waals surface area contributed by atoms with Crippen LogP contribution in [0.1, 0.15) is 48.3 Å². The van der Waals surface area contributed by atoms with Crippen LogP contribution in [0, 0.1) is 5.82 Å². The zero-order valence-corrected chi connectivity index (χ0v) is 19.2. The second kappa shape index (κ2) is 7.93. The molecule has 1 fully saturated rings. The second-order valence-electron chi connectivity index (χ2n) is 9.26. The molecular weight excluding hydrogens is 449 g/mol. The van der Waals surface area contributed by atoms with E-state index in [0.29, 0.717) is 33.9 Å². The Morgan fingerprint density at radius 1 is 1.23 bits per heavy atom. The molecule has 1 aliphatic carbocycles. The first-order valence-corrected chi connectivity index (χ1v) is 11.4. The summed E-state index contributed by atoms with van der Waals surface area (Å²) >= 11 is 0. The first-order valence-electron chi connectivity index (χ1n) is 11.4. The van der Waals surface area contributed by atoms with Crippen LogP contribution in [-0.4, -0.2) is 40.7 Å². The maximum Gasteiger partial charge on any atom is 0.294 e. The molecule has 0 radical (unpaired) electrons. The number of hydrogen-bond donors (Lipinski definition) is 1. The number of rotatable bonds is 7. The molecule has 5 aromatic rings. The molecule has 4 heterocycles. The number of carbonyl (C=O) groups is 1. The number of hydrogen-bond acceptors (Lipinski definition) is 7. The third kappa shape index (κ3) is 3.90. The molecule has 4 aromatic heterocycles. The molecule has 1 saturated carbocycles. The molecule has 9 nitrogen and oxygen atoms in total. The van der Waals surface area contributed by atoms with E-state index in [4.69, 9.17) is 4.52 Å². The standard InChI is InChI=1S/C25H22FN7O2/c1-25(8-9-25)24-31-23(35-32-24)19(34)6-5-14-3-4-15(11-18(14)26)17-7-10-27-22-20(17)29-21(30-22)16-12-28-33(2)13-16/h3-4,7,10-13H,5-6,8-9H2,1-2H3,(H,27,29,30). The smallest absolute Gasteiger partial charge is 0.294 e. The van der Waals surface area contributed by atoms with Gasteiger partial charge in [-0.05, 0) is 42.5 Å². The minimum absolute atomic E-state index is 0.00648. The van der Waals surface area contributed by atoms with Crippen LogP contribution in [0.5, 0.6) is 0 Å². The number of Topliss-reactive ketones (excluding diaryl/α,β-unsaturated/α-hetero) is 1. The molecule has 35 heavy (non-hydrogen) atoms. The second-order valence-corrected chi connectivity index (χ2v) is 9.26. The van der Waals surface area contributed by atoms with Crippen molar-refractivity contribution in [2.45, 2.75) is 38.0 Å². The fourth-order valence-electron chi connectivity index (χ4n) is 4.10. The summed E-state index contributed by atoms with van der Waals surface area (Å²) in [6.45, 7) is 2.04. The van der Waals surface area contributed by atoms with Gasteiger partial charge in [0, 0.05) is 36.8 Å². The molecule has 1 aliphatic rings. The zero-order valence-electron chi connectivity index (χ0n) is 19.2. The van der Waals surface area contributed by atoms with Crippen molar-refractivity contribution in [2.24, 2.45) is 7.05 Å². The Hall–Kier alpha value is -4.21. The minimum atomic E-state index is -0.385. The highest BCUT2D eigenvalue weighted by Crippen LogP contribution is 2.46. The van der Waals surface area contributed by atoms with Gasteiger partial charge in [0.15, 0.2) is 11.5 Å². The Labute approximate surface area is 199 Å². The first kappa shape index (κ1) is 21.3. The topological polar surface area (TPSA) is 115 Å². The van der Waals surface area contributed by atoms with Gasteiger partial charge in [0.1, 0.15) is 11.6 Å². The largest absolute Gasteiger partial charge is 0.336 e. The van der Waals surface area contributed by atoms with Gasteiger partial charge in [-0.2, -0.15) is 10.1 Å². The highest BCUT2D eigenvalue weighted by Gasteiger charge is 2.43. The molecule has 6 rings (SSSR count). The van der Waals surface area contributed by atoms with E-state index < -0.39 is 0 Å². The molecule has 0 spiro atoms. The fourth-order valence-corrected chi connectivity index (χ4v) is 4.10. The van der Waals surface area contributed by atoms with E-state index in [1.54, 1.807) is 23.1 Å². The van der Waals surface area contributed by atoms with Crippen LogP contribution in [0.15, 0.2) is 47.4 Å². The van der Waals surface area contributed by atoms with Crippen LogP contribution >= 0.6 is 0 Å². The van der Waals surface area contributed by atoms with Crippen molar-refractivity contribution in [3.63, 3.8) is 0 Å². The third-order valence-electron chi connectivity index (χ3n) is 6.56. The van der Waals surface area contributed by atoms with Crippen LogP contribution < -0.4 is 0 Å². The first-order chi connectivity index (χ1) is 16.9. The minimum Gasteiger partial charge on any atom is -0.336 e. The van der Waals surface area contributed by atoms with E-state index in [1.807, 2.05) is 32.3 Å². The van der Waals surface area contributed by atoms with Crippen molar-refractivity contribution in [1.29, 1.82) is 0 Å². The maximum absolute atomic E-state index is 15.0. The van der Waals surface area contributed by atoms with Gasteiger partial charge < -0.3 is 9.51 Å². The lowest BCUT2D eigenvalue weighted by atomic mass is 10.0. The number of carbonyl (C=O) groups excluding carboxylic acids is 1. The van der Waals surface area contributed by atoms with Gasteiger partial charge in [-0.1, -0.05) is 24.2 Å². The molecule has 0 atom stereocenters. The lowest BCUT2D eigenvalue weighted by Gasteiger charge is -2.07. The highest BCUT2D eigenvalue weighted by molar-refractivity contribution is 5.92. The number of nitrogens with zero attached hydrogens (tertiary/aromatic N) is 6. The molecule has 0 bridgehead atoms. The van der Waals surface area contributed by atoms with Crippen LogP contribution in [0.25, 0.3) is 33.7 Å². The van der Waals surface area contributed by atoms with E-state index >= 15 is 4.39 Å². The Kier molecular flexibility index (Phi) is 4.84. The van der Waals surface area contributed by atoms with Gasteiger partial charge >= 0.3 is 0 Å². The molecule has 0 unspecified atom stereocenters. The summed E-state index contributed by atoms with van der Waals surface area (Å²) in [5.41, 5.74) is 3.93. The van der Waals surface area contributed by atoms with Gasteiger partial charge in [-0.15, -0.1) is 0 Å². The van der Waals surface area contributed by atoms with Gasteiger partial charge in [-0.3, -0.25) is 9.48 Å². The number of H-pyrrole nitrogens is 1. The molecule has 0 amide bonds. The van der Waals surface area contributed by atoms with Crippen molar-refractivity contribution in [1.82, 2.24) is 34.9 Å². The SMILES string of the molecule is Cn1cc(-c2nc3nccc(-c4ccc(CCC(=O)c5nc(C6(C)CC6)no5)c(F)c4)c3[nH]2)cn1. The average Bonchev–Trinajstić information content (AvgIpc) is 3.26. The number of fused-ring (bicyclic) bond motifs is 1. The lowest BCUT2D eigenvalue weighted by Crippen LogP contribution is -2.06. The summed E-state index contributed by atoms with van der Waals surface area (Å²) in [6.07, 6.45) is 7.53. The number of imidazole rings is 1. The fraction of sp³-hybridized carbons (Fsp3) is 0.280. The predicted octanol–water partition coefficient (Wildman–Crippen LogP) is 4.41. The lowest BCUT2D eigenvalue weighted by molar-refractivity contribution is 0.0940. The van der Waals surface area contributed by atoms with E-state index in [-0.39, 0.29) is 35.7 Å². The Bertz CT molecular complexity index is 1580. The van der Waals surface area contributed by atoms with Crippen molar-refractivity contribution >= 4 is 16.9 Å². The number of nitrogens with one attached hydrogen (secondary N) is 1. The summed E-state index contributed by atoms with van der Waals surface area (Å²) in [6, 6.07) is 6.82. The summed E-state index contributed by atoms with van der Waals surface area (Å²) in [5.74, 6) is 0.540. The third-order valence-corrected chi connectivity index (χ3v) is 6.56. The van der Waals surface area contributed by atoms with Crippen molar-refractivity contribution in [3.05, 3.63) is 66.0 Å². The molecule has 1 aromatic carbocycles. The number of halogens is 1. The zero-order chi connectivity index (χ0) is 24.2. The maximum atomic E-state index is 15.0. The number of ketones is 1. The monoisotopic (exact) mass is 471 g/mol. The highest BCUT2D eigenvalue weighted by atomic mass is 19.1. The predicted molar refractivity (Wildman–Crippen MR) is 125 cm³/mol. The normalized spacial score (nSPS) is 14.5. The van der Waals surface area contributed by atoms with Crippen LogP contribution in [0.3, 0.4) is 0 Å². The van der Waals surface area contributed by atoms with Crippen LogP contribution in [0.2, 0.25) is 0 Å². The quantitative estimate of drug-likeness (QED) is 0.350. The summed E-state index contributed by atoms with van der Waals surface area (Å²) in [4.78, 5) is 28.9. The average molecular weight is 471 g/mol. The molecule has 0 aliphatic heterocycles. The summed E-state index contributed by atoms with van der Waals surface area (Å²) in [5, 5.41) is 8.12. The Balaban J connectivity index is 1.21. The molecule has 10 heteroatoms. The van der Waals surface area contributed by atoms with Gasteiger partial charge in [0.05, 0.1) is 17.3 Å². The number of aromatic amines is 1. The van der Waals surface area contributed by atoms with Crippen molar-refractivity contribution in [3.8, 4) is 22.5 Å². The summed E-state index contributed by atoms with van der Waals surface area (Å²) < 4.78 is 21.8. The van der Waals surface area contributed by atoms with E-state index in [9.17, 15) is 4.79 Å². The number of aryl methyl sites for hydroxylation is 2. The number of aromatic nitrogens is 7. The summed E-state index contributed by atoms with van der Waals surface area (Å²) in [7, 11) is 1.83. The molecule has 0 saturated heterocycles. The van der Waals surface area contributed by atoms with Gasteiger partial charge in [0.25, 0.3) is 5.89 Å². The molecule has 1 N–H and O–H groups in total. The van der Waals surface area contributed by atoms with Gasteiger partial charge in [0.2, 0.25) is 5.78 Å².